The maximum Gasteiger partial charge on any atom is 0.235 e. The summed E-state index contributed by atoms with van der Waals surface area (Å²) in [5, 5.41) is 0. The second-order valence-corrected chi connectivity index (χ2v) is 4.73. The molecule has 0 aliphatic carbocycles. The first kappa shape index (κ1) is 13.4. The van der Waals surface area contributed by atoms with E-state index in [1.165, 1.54) is 0 Å². The van der Waals surface area contributed by atoms with Crippen molar-refractivity contribution in [1.29, 1.82) is 0 Å². The lowest BCUT2D eigenvalue weighted by Gasteiger charge is -2.37. The highest BCUT2D eigenvalue weighted by atomic mass is 32.1. The fraction of sp³-hybridized carbons (Fsp3) is 0.818. The minimum Gasteiger partial charge on any atom is -0.392 e. The Morgan fingerprint density at radius 1 is 1.50 bits per heavy atom. The Balaban J connectivity index is 2.84. The summed E-state index contributed by atoms with van der Waals surface area (Å²) in [4.78, 5) is 14.4. The van der Waals surface area contributed by atoms with Crippen LogP contribution in [-0.4, -0.2) is 42.6 Å². The third-order valence-electron chi connectivity index (χ3n) is 3.13. The Labute approximate surface area is 102 Å². The number of hydrogen-bond acceptors (Lipinski definition) is 3. The molecule has 1 fully saturated rings. The van der Waals surface area contributed by atoms with Gasteiger partial charge in [0.1, 0.15) is 5.41 Å². The van der Waals surface area contributed by atoms with E-state index in [4.69, 9.17) is 22.7 Å². The first-order chi connectivity index (χ1) is 7.54. The maximum absolute atomic E-state index is 12.4. The lowest BCUT2D eigenvalue weighted by atomic mass is 9.78. The van der Waals surface area contributed by atoms with Gasteiger partial charge in [-0.25, -0.2) is 0 Å². The lowest BCUT2D eigenvalue weighted by molar-refractivity contribution is -0.141. The molecule has 92 valence electrons. The van der Waals surface area contributed by atoms with Gasteiger partial charge in [0.05, 0.1) is 4.99 Å². The summed E-state index contributed by atoms with van der Waals surface area (Å²) in [5.41, 5.74) is 5.10. The molecule has 0 unspecified atom stereocenters. The number of ether oxygens (including phenoxy) is 1. The van der Waals surface area contributed by atoms with Gasteiger partial charge >= 0.3 is 0 Å². The van der Waals surface area contributed by atoms with E-state index in [1.54, 1.807) is 11.9 Å². The minimum absolute atomic E-state index is 0.0464. The lowest BCUT2D eigenvalue weighted by Crippen LogP contribution is -2.52. The first-order valence-corrected chi connectivity index (χ1v) is 6.08. The number of nitrogens with two attached hydrogens (primary N) is 1. The maximum atomic E-state index is 12.4. The van der Waals surface area contributed by atoms with Gasteiger partial charge in [-0.2, -0.15) is 0 Å². The van der Waals surface area contributed by atoms with Crippen LogP contribution in [0.25, 0.3) is 0 Å². The molecule has 1 heterocycles. The summed E-state index contributed by atoms with van der Waals surface area (Å²) in [6, 6.07) is 0. The van der Waals surface area contributed by atoms with Crippen molar-refractivity contribution in [3.8, 4) is 0 Å². The van der Waals surface area contributed by atoms with Crippen LogP contribution >= 0.6 is 12.2 Å². The molecule has 5 heteroatoms. The predicted octanol–water partition coefficient (Wildman–Crippen LogP) is 0.938. The van der Waals surface area contributed by atoms with Crippen LogP contribution in [0.4, 0.5) is 0 Å². The molecular weight excluding hydrogens is 224 g/mol. The average molecular weight is 244 g/mol. The molecule has 4 nitrogen and oxygen atoms in total. The molecule has 0 atom stereocenters. The molecule has 1 aliphatic rings. The molecule has 1 amide bonds. The summed E-state index contributed by atoms with van der Waals surface area (Å²) in [6.07, 6.45) is 2.15. The molecule has 0 aromatic carbocycles. The largest absolute Gasteiger partial charge is 0.392 e. The molecule has 1 saturated heterocycles. The van der Waals surface area contributed by atoms with Crippen LogP contribution in [0, 0.1) is 5.41 Å². The zero-order valence-corrected chi connectivity index (χ0v) is 10.8. The molecule has 0 aromatic heterocycles. The number of rotatable bonds is 4. The third-order valence-corrected chi connectivity index (χ3v) is 3.52. The molecule has 0 radical (unpaired) electrons. The van der Waals surface area contributed by atoms with Crippen LogP contribution in [0.3, 0.4) is 0 Å². The predicted molar refractivity (Wildman–Crippen MR) is 67.2 cm³/mol. The zero-order chi connectivity index (χ0) is 12.2. The van der Waals surface area contributed by atoms with Gasteiger partial charge in [0.15, 0.2) is 0 Å². The molecule has 0 spiro atoms. The van der Waals surface area contributed by atoms with Crippen LogP contribution in [0.1, 0.15) is 26.2 Å². The van der Waals surface area contributed by atoms with Crippen molar-refractivity contribution in [2.75, 3.05) is 26.8 Å². The highest BCUT2D eigenvalue weighted by molar-refractivity contribution is 7.80. The number of hydrogen-bond donors (Lipinski definition) is 1. The average Bonchev–Trinajstić information content (AvgIpc) is 2.29. The molecule has 16 heavy (non-hydrogen) atoms. The van der Waals surface area contributed by atoms with Crippen molar-refractivity contribution in [3.05, 3.63) is 0 Å². The highest BCUT2D eigenvalue weighted by Crippen LogP contribution is 2.33. The van der Waals surface area contributed by atoms with E-state index in [0.29, 0.717) is 31.0 Å². The van der Waals surface area contributed by atoms with Gasteiger partial charge in [0.2, 0.25) is 5.91 Å². The van der Waals surface area contributed by atoms with Gasteiger partial charge in [0.25, 0.3) is 0 Å². The van der Waals surface area contributed by atoms with Crippen LogP contribution < -0.4 is 5.73 Å². The number of carbonyl (C=O) groups excluding carboxylic acids is 1. The third kappa shape index (κ3) is 2.52. The van der Waals surface area contributed by atoms with Gasteiger partial charge in [-0.3, -0.25) is 4.79 Å². The summed E-state index contributed by atoms with van der Waals surface area (Å²) in [5.74, 6) is 0.0464. The van der Waals surface area contributed by atoms with Gasteiger partial charge in [-0.15, -0.1) is 0 Å². The standard InChI is InChI=1S/C11H20N2O2S/c1-3-6-13(2)10(14)11(9(12)16)4-7-15-8-5-11/h3-8H2,1-2H3,(H2,12,16). The SMILES string of the molecule is CCCN(C)C(=O)C1(C(N)=S)CCOCC1. The molecule has 0 bridgehead atoms. The van der Waals surface area contributed by atoms with Crippen LogP contribution in [0.5, 0.6) is 0 Å². The Morgan fingerprint density at radius 2 is 2.06 bits per heavy atom. The van der Waals surface area contributed by atoms with Crippen molar-refractivity contribution in [2.24, 2.45) is 11.1 Å². The first-order valence-electron chi connectivity index (χ1n) is 5.68. The van der Waals surface area contributed by atoms with Gasteiger partial charge in [0, 0.05) is 26.8 Å². The monoisotopic (exact) mass is 244 g/mol. The van der Waals surface area contributed by atoms with Crippen molar-refractivity contribution in [1.82, 2.24) is 4.90 Å². The van der Waals surface area contributed by atoms with E-state index in [-0.39, 0.29) is 5.91 Å². The smallest absolute Gasteiger partial charge is 0.235 e. The van der Waals surface area contributed by atoms with Crippen LogP contribution in [0.2, 0.25) is 0 Å². The van der Waals surface area contributed by atoms with E-state index >= 15 is 0 Å². The molecule has 0 aromatic rings. The number of amides is 1. The summed E-state index contributed by atoms with van der Waals surface area (Å²) < 4.78 is 5.28. The summed E-state index contributed by atoms with van der Waals surface area (Å²) in [6.45, 7) is 3.90. The van der Waals surface area contributed by atoms with Crippen molar-refractivity contribution >= 4 is 23.1 Å². The second-order valence-electron chi connectivity index (χ2n) is 4.29. The summed E-state index contributed by atoms with van der Waals surface area (Å²) in [7, 11) is 1.81. The highest BCUT2D eigenvalue weighted by Gasteiger charge is 2.44. The molecule has 1 aliphatic heterocycles. The van der Waals surface area contributed by atoms with Crippen molar-refractivity contribution in [3.63, 3.8) is 0 Å². The van der Waals surface area contributed by atoms with E-state index in [1.807, 2.05) is 6.92 Å². The Kier molecular flexibility index (Phi) is 4.68. The quantitative estimate of drug-likeness (QED) is 0.748. The number of nitrogens with zero attached hydrogens (tertiary/aromatic N) is 1. The van der Waals surface area contributed by atoms with Crippen LogP contribution in [-0.2, 0) is 9.53 Å². The van der Waals surface area contributed by atoms with Crippen molar-refractivity contribution in [2.45, 2.75) is 26.2 Å². The van der Waals surface area contributed by atoms with Gasteiger partial charge in [-0.05, 0) is 19.3 Å². The molecule has 1 rings (SSSR count). The van der Waals surface area contributed by atoms with E-state index in [0.717, 1.165) is 13.0 Å². The second kappa shape index (κ2) is 5.59. The number of thiocarbonyl (C=S) groups is 1. The Morgan fingerprint density at radius 3 is 2.50 bits per heavy atom. The fourth-order valence-corrected chi connectivity index (χ4v) is 2.38. The van der Waals surface area contributed by atoms with Gasteiger partial charge < -0.3 is 15.4 Å². The van der Waals surface area contributed by atoms with E-state index in [9.17, 15) is 4.79 Å². The fourth-order valence-electron chi connectivity index (χ4n) is 2.09. The minimum atomic E-state index is -0.669. The van der Waals surface area contributed by atoms with E-state index < -0.39 is 5.41 Å². The molecule has 0 saturated carbocycles. The topological polar surface area (TPSA) is 55.6 Å². The van der Waals surface area contributed by atoms with Crippen molar-refractivity contribution < 1.29 is 9.53 Å². The molecular formula is C11H20N2O2S. The Bertz CT molecular complexity index is 275. The summed E-state index contributed by atoms with van der Waals surface area (Å²) >= 11 is 5.08. The van der Waals surface area contributed by atoms with Gasteiger partial charge in [-0.1, -0.05) is 19.1 Å². The van der Waals surface area contributed by atoms with E-state index in [2.05, 4.69) is 0 Å². The normalized spacial score (nSPS) is 19.1. The number of carbonyl (C=O) groups is 1. The Hall–Kier alpha value is -0.680. The zero-order valence-electron chi connectivity index (χ0n) is 9.99. The van der Waals surface area contributed by atoms with Crippen LogP contribution in [0.15, 0.2) is 0 Å². The molecule has 2 N–H and O–H groups in total.